The van der Waals surface area contributed by atoms with Crippen LogP contribution in [0.5, 0.6) is 11.5 Å². The molecule has 6 heteroatoms. The van der Waals surface area contributed by atoms with Crippen molar-refractivity contribution in [2.24, 2.45) is 0 Å². The zero-order valence-corrected chi connectivity index (χ0v) is 43.9. The monoisotopic (exact) mass is 1110 g/mol. The predicted octanol–water partition coefficient (Wildman–Crippen LogP) is 16.7. The summed E-state index contributed by atoms with van der Waals surface area (Å²) < 4.78 is 9.01. The van der Waals surface area contributed by atoms with Gasteiger partial charge < -0.3 is 19.1 Å². The van der Waals surface area contributed by atoms with Crippen LogP contribution in [0.4, 0.5) is 11.4 Å². The second-order valence-electron chi connectivity index (χ2n) is 21.2. The number of hydrogen-bond acceptors (Lipinski definition) is 4. The molecule has 0 fully saturated rings. The molecule has 0 amide bonds. The van der Waals surface area contributed by atoms with Crippen LogP contribution in [0.1, 0.15) is 76.3 Å². The Morgan fingerprint density at radius 3 is 1.75 bits per heavy atom. The fourth-order valence-corrected chi connectivity index (χ4v) is 10.7. The number of nitrogens with zero attached hydrogens (tertiary/aromatic N) is 4. The molecule has 1 aliphatic carbocycles. The van der Waals surface area contributed by atoms with Crippen molar-refractivity contribution >= 4 is 33.2 Å². The normalized spacial score (nSPS) is 13.9. The third-order valence-corrected chi connectivity index (χ3v) is 14.6. The van der Waals surface area contributed by atoms with E-state index in [1.807, 2.05) is 24.4 Å². The molecule has 0 unspecified atom stereocenters. The van der Waals surface area contributed by atoms with Gasteiger partial charge in [0.2, 0.25) is 0 Å². The van der Waals surface area contributed by atoms with E-state index < -0.39 is 0 Å². The molecule has 0 bridgehead atoms. The molecule has 1 aliphatic heterocycles. The molecule has 3 heterocycles. The van der Waals surface area contributed by atoms with Crippen molar-refractivity contribution in [3.63, 3.8) is 0 Å². The molecule has 0 spiro atoms. The topological polar surface area (TPSA) is 33.5 Å². The molecule has 72 heavy (non-hydrogen) atoms. The van der Waals surface area contributed by atoms with Crippen LogP contribution in [0.2, 0.25) is 0 Å². The van der Waals surface area contributed by atoms with Crippen LogP contribution < -0.4 is 14.5 Å². The van der Waals surface area contributed by atoms with E-state index in [9.17, 15) is 0 Å². The predicted molar refractivity (Wildman–Crippen MR) is 293 cm³/mol. The van der Waals surface area contributed by atoms with Crippen LogP contribution in [-0.4, -0.2) is 9.55 Å². The van der Waals surface area contributed by atoms with Gasteiger partial charge in [-0.15, -0.1) is 48.1 Å². The minimum absolute atomic E-state index is 0. The number of rotatable bonds is 8. The van der Waals surface area contributed by atoms with Gasteiger partial charge >= 0.3 is 0 Å². The second kappa shape index (κ2) is 18.0. The summed E-state index contributed by atoms with van der Waals surface area (Å²) in [5.74, 6) is 2.02. The van der Waals surface area contributed by atoms with Crippen molar-refractivity contribution in [1.82, 2.24) is 9.55 Å². The standard InChI is InChI=1S/C66H55N4O.Pt/c1-64(2,3)46-33-34-67-62(40-46)70-60-39-47(66(7)58-27-16-14-25-52(58)53-26-15-17-28-59(53)66)29-31-54(60)55-32-30-51(42-61(55)70)71-50-24-18-23-49(41-50)68-35-36-69(43-68)63-56(44-19-10-8-11-20-44)37-48(65(4,5)6)38-57(63)45-21-12-9-13-22-45;/h8-40,43H,1-7H3;/q-3;. The minimum Gasteiger partial charge on any atom is -0.509 e. The van der Waals surface area contributed by atoms with E-state index in [2.05, 4.69) is 258 Å². The Bertz CT molecular complexity index is 3600. The summed E-state index contributed by atoms with van der Waals surface area (Å²) in [6.07, 6.45) is 6.15. The smallest absolute Gasteiger partial charge is 0.135 e. The Hall–Kier alpha value is -7.46. The molecule has 8 aromatic carbocycles. The first-order chi connectivity index (χ1) is 34.3. The molecular weight excluding hydrogens is 1060 g/mol. The number of ether oxygens (including phenoxy) is 1. The molecule has 0 atom stereocenters. The number of hydrogen-bond donors (Lipinski definition) is 0. The summed E-state index contributed by atoms with van der Waals surface area (Å²) in [6.45, 7) is 18.1. The van der Waals surface area contributed by atoms with E-state index in [1.54, 1.807) is 0 Å². The van der Waals surface area contributed by atoms with E-state index in [4.69, 9.17) is 9.72 Å². The van der Waals surface area contributed by atoms with Gasteiger partial charge in [-0.05, 0) is 116 Å². The van der Waals surface area contributed by atoms with E-state index in [0.717, 1.165) is 50.1 Å². The van der Waals surface area contributed by atoms with Gasteiger partial charge in [-0.25, -0.2) is 4.98 Å². The van der Waals surface area contributed by atoms with Crippen LogP contribution in [0.25, 0.3) is 61.0 Å². The SMILES string of the molecule is CC(C)(C)c1ccnc(-n2c3[c-]c(Oc4[c-]c(N5C=CN(c6c(-c7ccccc7)cc(C(C)(C)C)cc6-c6ccccc6)[CH-]5)ccc4)ccc3c3ccc(C4(C)c5ccccc5-c5ccccc54)cc32)c1.[Pt]. The Kier molecular flexibility index (Phi) is 11.7. The van der Waals surface area contributed by atoms with Crippen LogP contribution in [0, 0.1) is 18.8 Å². The maximum absolute atomic E-state index is 6.74. The van der Waals surface area contributed by atoms with Gasteiger partial charge in [0.05, 0.1) is 0 Å². The Morgan fingerprint density at radius 2 is 1.11 bits per heavy atom. The van der Waals surface area contributed by atoms with E-state index in [-0.39, 0.29) is 37.3 Å². The van der Waals surface area contributed by atoms with Crippen molar-refractivity contribution in [2.75, 3.05) is 9.80 Å². The summed E-state index contributed by atoms with van der Waals surface area (Å²) >= 11 is 0. The first kappa shape index (κ1) is 46.9. The van der Waals surface area contributed by atoms with Gasteiger partial charge in [-0.2, -0.15) is 12.1 Å². The quantitative estimate of drug-likeness (QED) is 0.142. The Balaban J connectivity index is 0.00000560. The summed E-state index contributed by atoms with van der Waals surface area (Å²) in [4.78, 5) is 9.38. The first-order valence-corrected chi connectivity index (χ1v) is 24.6. The average molecular weight is 1120 g/mol. The van der Waals surface area contributed by atoms with Gasteiger partial charge in [-0.1, -0.05) is 168 Å². The summed E-state index contributed by atoms with van der Waals surface area (Å²) in [5.41, 5.74) is 17.0. The number of anilines is 2. The van der Waals surface area contributed by atoms with E-state index in [1.165, 1.54) is 50.1 Å². The van der Waals surface area contributed by atoms with Crippen molar-refractivity contribution in [1.29, 1.82) is 0 Å². The summed E-state index contributed by atoms with van der Waals surface area (Å²) in [5, 5.41) is 2.21. The molecule has 12 rings (SSSR count). The third kappa shape index (κ3) is 8.05. The average Bonchev–Trinajstić information content (AvgIpc) is 4.08. The van der Waals surface area contributed by atoms with Crippen molar-refractivity contribution in [3.8, 4) is 50.7 Å². The molecule has 10 aromatic rings. The summed E-state index contributed by atoms with van der Waals surface area (Å²) in [7, 11) is 0. The minimum atomic E-state index is -0.355. The van der Waals surface area contributed by atoms with E-state index in [0.29, 0.717) is 11.5 Å². The van der Waals surface area contributed by atoms with Gasteiger partial charge in [0.1, 0.15) is 5.82 Å². The van der Waals surface area contributed by atoms with Gasteiger partial charge in [0.15, 0.2) is 0 Å². The Labute approximate surface area is 438 Å². The zero-order valence-electron chi connectivity index (χ0n) is 41.6. The van der Waals surface area contributed by atoms with Crippen LogP contribution >= 0.6 is 0 Å². The molecule has 2 aromatic heterocycles. The van der Waals surface area contributed by atoms with Crippen molar-refractivity contribution < 1.29 is 25.8 Å². The molecule has 358 valence electrons. The van der Waals surface area contributed by atoms with Crippen LogP contribution in [0.3, 0.4) is 0 Å². The number of pyridine rings is 1. The van der Waals surface area contributed by atoms with Crippen LogP contribution in [-0.2, 0) is 37.3 Å². The maximum Gasteiger partial charge on any atom is 0.135 e. The molecular formula is C66H55N4OPt-3. The molecule has 0 saturated heterocycles. The maximum atomic E-state index is 6.74. The molecule has 0 saturated carbocycles. The zero-order chi connectivity index (χ0) is 48.6. The molecule has 2 aliphatic rings. The van der Waals surface area contributed by atoms with Crippen molar-refractivity contribution in [3.05, 3.63) is 247 Å². The van der Waals surface area contributed by atoms with Gasteiger partial charge in [0.25, 0.3) is 0 Å². The molecule has 0 radical (unpaired) electrons. The van der Waals surface area contributed by atoms with Crippen LogP contribution in [0.15, 0.2) is 201 Å². The third-order valence-electron chi connectivity index (χ3n) is 14.6. The van der Waals surface area contributed by atoms with Gasteiger partial charge in [-0.3, -0.25) is 0 Å². The first-order valence-electron chi connectivity index (χ1n) is 24.6. The number of benzene rings is 8. The molecule has 5 nitrogen and oxygen atoms in total. The molecule has 0 N–H and O–H groups in total. The fraction of sp³-hybridized carbons (Fsp3) is 0.152. The Morgan fingerprint density at radius 1 is 0.528 bits per heavy atom. The number of fused-ring (bicyclic) bond motifs is 6. The number of aromatic nitrogens is 2. The second-order valence-corrected chi connectivity index (χ2v) is 21.2. The van der Waals surface area contributed by atoms with E-state index >= 15 is 0 Å². The van der Waals surface area contributed by atoms with Gasteiger partial charge in [0, 0.05) is 66.5 Å². The largest absolute Gasteiger partial charge is 0.509 e. The fourth-order valence-electron chi connectivity index (χ4n) is 10.7. The van der Waals surface area contributed by atoms with Crippen molar-refractivity contribution in [2.45, 2.75) is 64.7 Å². The summed E-state index contributed by atoms with van der Waals surface area (Å²) in [6, 6.07) is 72.7.